The Balaban J connectivity index is 1.82. The molecule has 10 nitrogen and oxygen atoms in total. The van der Waals surface area contributed by atoms with Gasteiger partial charge >= 0.3 is 0 Å². The summed E-state index contributed by atoms with van der Waals surface area (Å²) in [4.78, 5) is 12.6. The molecule has 3 aromatic rings. The van der Waals surface area contributed by atoms with Crippen molar-refractivity contribution >= 4 is 11.9 Å². The molecule has 108 valence electrons. The Hall–Kier alpha value is -3.01. The number of rotatable bonds is 5. The molecule has 0 saturated heterocycles. The number of nitrogens with two attached hydrogens (primary N) is 1. The maximum Gasteiger partial charge on any atom is 0.257 e. The average molecular weight is 286 g/mol. The lowest BCUT2D eigenvalue weighted by Gasteiger charge is -2.07. The highest BCUT2D eigenvalue weighted by Gasteiger charge is 2.08. The summed E-state index contributed by atoms with van der Waals surface area (Å²) >= 11 is 0. The fourth-order valence-electron chi connectivity index (χ4n) is 1.74. The van der Waals surface area contributed by atoms with Crippen LogP contribution in [0.15, 0.2) is 30.9 Å². The first-order valence-electron chi connectivity index (χ1n) is 6.19. The second-order valence-corrected chi connectivity index (χ2v) is 4.25. The van der Waals surface area contributed by atoms with E-state index in [1.807, 2.05) is 13.2 Å². The van der Waals surface area contributed by atoms with Crippen molar-refractivity contribution in [3.8, 4) is 5.95 Å². The first-order valence-corrected chi connectivity index (χ1v) is 6.19. The third-order valence-corrected chi connectivity index (χ3v) is 2.67. The summed E-state index contributed by atoms with van der Waals surface area (Å²) in [5.74, 6) is 6.40. The summed E-state index contributed by atoms with van der Waals surface area (Å²) in [5.41, 5.74) is 3.43. The van der Waals surface area contributed by atoms with Gasteiger partial charge in [-0.15, -0.1) is 0 Å². The molecule has 0 aliphatic rings. The molecule has 3 aromatic heterocycles. The molecule has 0 amide bonds. The molecule has 0 aliphatic heterocycles. The molecule has 0 saturated carbocycles. The molecule has 0 aromatic carbocycles. The number of hydrazine groups is 1. The van der Waals surface area contributed by atoms with Gasteiger partial charge in [0.25, 0.3) is 5.95 Å². The van der Waals surface area contributed by atoms with Crippen LogP contribution in [0.25, 0.3) is 5.95 Å². The first kappa shape index (κ1) is 13.0. The SMILES string of the molecule is Cn1cc(CNc2nc(NN)nc(-n3cccn3)n2)cn1. The summed E-state index contributed by atoms with van der Waals surface area (Å²) in [5, 5.41) is 11.3. The van der Waals surface area contributed by atoms with Gasteiger partial charge in [0, 0.05) is 37.7 Å². The van der Waals surface area contributed by atoms with E-state index in [0.29, 0.717) is 18.4 Å². The zero-order valence-electron chi connectivity index (χ0n) is 11.3. The van der Waals surface area contributed by atoms with Crippen LogP contribution in [-0.2, 0) is 13.6 Å². The lowest BCUT2D eigenvalue weighted by Crippen LogP contribution is -2.16. The van der Waals surface area contributed by atoms with Gasteiger partial charge in [0.05, 0.1) is 6.20 Å². The fraction of sp³-hybridized carbons (Fsp3) is 0.182. The molecule has 0 radical (unpaired) electrons. The van der Waals surface area contributed by atoms with Gasteiger partial charge in [-0.3, -0.25) is 10.1 Å². The Bertz CT molecular complexity index is 716. The summed E-state index contributed by atoms with van der Waals surface area (Å²) < 4.78 is 3.25. The van der Waals surface area contributed by atoms with Gasteiger partial charge in [0.15, 0.2) is 0 Å². The maximum atomic E-state index is 5.38. The van der Waals surface area contributed by atoms with Crippen LogP contribution < -0.4 is 16.6 Å². The van der Waals surface area contributed by atoms with E-state index in [-0.39, 0.29) is 5.95 Å². The molecule has 0 aliphatic carbocycles. The predicted molar refractivity (Wildman–Crippen MR) is 75.3 cm³/mol. The standard InChI is InChI=1S/C11H14N10/c1-20-7-8(6-15-20)5-13-9-16-10(19-12)18-11(17-9)21-4-2-3-14-21/h2-4,6-7H,5,12H2,1H3,(H2,13,16,17,18,19). The van der Waals surface area contributed by atoms with Gasteiger partial charge in [-0.2, -0.15) is 25.1 Å². The van der Waals surface area contributed by atoms with E-state index in [4.69, 9.17) is 5.84 Å². The second-order valence-electron chi connectivity index (χ2n) is 4.25. The summed E-state index contributed by atoms with van der Waals surface area (Å²) in [6.07, 6.45) is 7.05. The Labute approximate surface area is 120 Å². The van der Waals surface area contributed by atoms with E-state index in [9.17, 15) is 0 Å². The fourth-order valence-corrected chi connectivity index (χ4v) is 1.74. The normalized spacial score (nSPS) is 10.6. The van der Waals surface area contributed by atoms with Crippen LogP contribution >= 0.6 is 0 Å². The molecule has 0 fully saturated rings. The van der Waals surface area contributed by atoms with Crippen LogP contribution in [0.1, 0.15) is 5.56 Å². The molecule has 3 rings (SSSR count). The zero-order chi connectivity index (χ0) is 14.7. The quantitative estimate of drug-likeness (QED) is 0.431. The van der Waals surface area contributed by atoms with Crippen molar-refractivity contribution in [2.75, 3.05) is 10.7 Å². The molecule has 21 heavy (non-hydrogen) atoms. The highest BCUT2D eigenvalue weighted by molar-refractivity contribution is 5.37. The number of hydrogen-bond acceptors (Lipinski definition) is 8. The van der Waals surface area contributed by atoms with Crippen molar-refractivity contribution in [1.82, 2.24) is 34.5 Å². The zero-order valence-corrected chi connectivity index (χ0v) is 11.3. The van der Waals surface area contributed by atoms with Gasteiger partial charge in [-0.1, -0.05) is 0 Å². The Kier molecular flexibility index (Phi) is 3.43. The van der Waals surface area contributed by atoms with Gasteiger partial charge in [-0.25, -0.2) is 10.5 Å². The predicted octanol–water partition coefficient (Wildman–Crippen LogP) is -0.312. The van der Waals surface area contributed by atoms with Crippen LogP contribution in [0, 0.1) is 0 Å². The van der Waals surface area contributed by atoms with Gasteiger partial charge in [-0.05, 0) is 6.07 Å². The molecule has 0 bridgehead atoms. The smallest absolute Gasteiger partial charge is 0.257 e. The molecule has 0 atom stereocenters. The van der Waals surface area contributed by atoms with Gasteiger partial charge in [0.1, 0.15) is 0 Å². The monoisotopic (exact) mass is 286 g/mol. The highest BCUT2D eigenvalue weighted by Crippen LogP contribution is 2.09. The van der Waals surface area contributed by atoms with Gasteiger partial charge < -0.3 is 5.32 Å². The third-order valence-electron chi connectivity index (χ3n) is 2.67. The number of nitrogens with zero attached hydrogens (tertiary/aromatic N) is 7. The highest BCUT2D eigenvalue weighted by atomic mass is 15.4. The number of hydrogen-bond donors (Lipinski definition) is 3. The van der Waals surface area contributed by atoms with E-state index in [2.05, 4.69) is 35.9 Å². The summed E-state index contributed by atoms with van der Waals surface area (Å²) in [6.45, 7) is 0.542. The lowest BCUT2D eigenvalue weighted by atomic mass is 10.4. The summed E-state index contributed by atoms with van der Waals surface area (Å²) in [7, 11) is 1.86. The Morgan fingerprint density at radius 2 is 2.05 bits per heavy atom. The average Bonchev–Trinajstić information content (AvgIpc) is 3.16. The second kappa shape index (κ2) is 5.54. The van der Waals surface area contributed by atoms with E-state index >= 15 is 0 Å². The van der Waals surface area contributed by atoms with Crippen molar-refractivity contribution in [2.24, 2.45) is 12.9 Å². The van der Waals surface area contributed by atoms with Crippen molar-refractivity contribution in [2.45, 2.75) is 6.54 Å². The first-order chi connectivity index (χ1) is 10.2. The number of anilines is 2. The number of nitrogen functional groups attached to an aromatic ring is 1. The van der Waals surface area contributed by atoms with Crippen molar-refractivity contribution in [1.29, 1.82) is 0 Å². The minimum atomic E-state index is 0.254. The number of nitrogens with one attached hydrogen (secondary N) is 2. The maximum absolute atomic E-state index is 5.38. The van der Waals surface area contributed by atoms with Crippen LogP contribution in [0.2, 0.25) is 0 Å². The van der Waals surface area contributed by atoms with Crippen LogP contribution in [-0.4, -0.2) is 34.5 Å². The molecule has 4 N–H and O–H groups in total. The largest absolute Gasteiger partial charge is 0.350 e. The molecule has 3 heterocycles. The van der Waals surface area contributed by atoms with E-state index in [1.165, 1.54) is 4.68 Å². The third kappa shape index (κ3) is 2.95. The Morgan fingerprint density at radius 1 is 1.19 bits per heavy atom. The molecule has 0 spiro atoms. The molecule has 10 heteroatoms. The van der Waals surface area contributed by atoms with Crippen molar-refractivity contribution in [3.05, 3.63) is 36.4 Å². The minimum Gasteiger partial charge on any atom is -0.350 e. The molecular weight excluding hydrogens is 272 g/mol. The summed E-state index contributed by atoms with van der Waals surface area (Å²) in [6, 6.07) is 1.78. The lowest BCUT2D eigenvalue weighted by molar-refractivity contribution is 0.767. The minimum absolute atomic E-state index is 0.254. The molecular formula is C11H14N10. The number of aromatic nitrogens is 7. The van der Waals surface area contributed by atoms with Crippen LogP contribution in [0.3, 0.4) is 0 Å². The van der Waals surface area contributed by atoms with E-state index in [0.717, 1.165) is 5.56 Å². The van der Waals surface area contributed by atoms with Crippen LogP contribution in [0.4, 0.5) is 11.9 Å². The van der Waals surface area contributed by atoms with Crippen molar-refractivity contribution < 1.29 is 0 Å². The Morgan fingerprint density at radius 3 is 2.71 bits per heavy atom. The van der Waals surface area contributed by atoms with E-state index < -0.39 is 0 Å². The van der Waals surface area contributed by atoms with Crippen LogP contribution in [0.5, 0.6) is 0 Å². The topological polar surface area (TPSA) is 124 Å². The molecule has 0 unspecified atom stereocenters. The van der Waals surface area contributed by atoms with Crippen molar-refractivity contribution in [3.63, 3.8) is 0 Å². The van der Waals surface area contributed by atoms with Gasteiger partial charge in [0.2, 0.25) is 11.9 Å². The number of aryl methyl sites for hydroxylation is 1. The van der Waals surface area contributed by atoms with E-state index in [1.54, 1.807) is 29.3 Å².